The Bertz CT molecular complexity index is 432. The summed E-state index contributed by atoms with van der Waals surface area (Å²) >= 11 is 0. The van der Waals surface area contributed by atoms with Crippen LogP contribution in [-0.2, 0) is 20.7 Å². The van der Waals surface area contributed by atoms with E-state index in [4.69, 9.17) is 10.5 Å². The van der Waals surface area contributed by atoms with Gasteiger partial charge in [-0.2, -0.15) is 0 Å². The van der Waals surface area contributed by atoms with Gasteiger partial charge in [-0.05, 0) is 25.5 Å². The largest absolute Gasteiger partial charge is 0.452 e. The van der Waals surface area contributed by atoms with Gasteiger partial charge in [-0.15, -0.1) is 0 Å². The molecule has 0 aliphatic carbocycles. The van der Waals surface area contributed by atoms with Crippen LogP contribution in [0.3, 0.4) is 0 Å². The Labute approximate surface area is 106 Å². The molecule has 1 atom stereocenters. The lowest BCUT2D eigenvalue weighted by molar-refractivity contribution is -0.154. The first-order valence-electron chi connectivity index (χ1n) is 5.85. The highest BCUT2D eigenvalue weighted by atomic mass is 16.5. The molecule has 0 saturated heterocycles. The maximum Gasteiger partial charge on any atom is 0.311 e. The number of amides is 1. The van der Waals surface area contributed by atoms with E-state index in [1.807, 2.05) is 0 Å². The minimum absolute atomic E-state index is 0.0659. The quantitative estimate of drug-likeness (QED) is 0.600. The number of nitrogens with one attached hydrogen (secondary N) is 1. The highest BCUT2D eigenvalue weighted by molar-refractivity contribution is 5.84. The molecular weight excluding hydrogens is 232 g/mol. The van der Waals surface area contributed by atoms with Gasteiger partial charge in [0.1, 0.15) is 0 Å². The summed E-state index contributed by atoms with van der Waals surface area (Å²) in [4.78, 5) is 23.0. The van der Waals surface area contributed by atoms with Crippen LogP contribution in [0.15, 0.2) is 24.3 Å². The van der Waals surface area contributed by atoms with Gasteiger partial charge in [0.05, 0.1) is 6.42 Å². The zero-order valence-electron chi connectivity index (χ0n) is 10.6. The maximum atomic E-state index is 11.6. The van der Waals surface area contributed by atoms with Crippen LogP contribution in [0.1, 0.15) is 19.4 Å². The second-order valence-electron chi connectivity index (χ2n) is 3.90. The monoisotopic (exact) mass is 250 g/mol. The van der Waals surface area contributed by atoms with E-state index in [1.54, 1.807) is 31.2 Å². The van der Waals surface area contributed by atoms with E-state index in [0.29, 0.717) is 17.8 Å². The van der Waals surface area contributed by atoms with Gasteiger partial charge >= 0.3 is 5.97 Å². The van der Waals surface area contributed by atoms with Crippen molar-refractivity contribution in [2.45, 2.75) is 26.4 Å². The number of para-hydroxylation sites is 1. The molecular formula is C13H18N2O3. The minimum Gasteiger partial charge on any atom is -0.452 e. The Balaban J connectivity index is 2.52. The molecule has 1 aromatic carbocycles. The maximum absolute atomic E-state index is 11.6. The van der Waals surface area contributed by atoms with Gasteiger partial charge in [0.15, 0.2) is 6.10 Å². The van der Waals surface area contributed by atoms with Crippen LogP contribution in [0.2, 0.25) is 0 Å². The molecule has 0 fully saturated rings. The molecule has 1 unspecified atom stereocenters. The number of likely N-dealkylation sites (N-methyl/N-ethyl adjacent to an activating group) is 1. The standard InChI is InChI=1S/C13H18N2O3/c1-3-15-13(17)9(2)18-12(16)8-10-6-4-5-7-11(10)14/h4-7,9H,3,8,14H2,1-2H3,(H,15,17). The Morgan fingerprint density at radius 1 is 1.39 bits per heavy atom. The van der Waals surface area contributed by atoms with E-state index in [2.05, 4.69) is 5.32 Å². The molecule has 0 bridgehead atoms. The predicted octanol–water partition coefficient (Wildman–Crippen LogP) is 0.879. The molecule has 0 aliphatic heterocycles. The SMILES string of the molecule is CCNC(=O)C(C)OC(=O)Cc1ccccc1N. The summed E-state index contributed by atoms with van der Waals surface area (Å²) in [5.41, 5.74) is 6.96. The Hall–Kier alpha value is -2.04. The van der Waals surface area contributed by atoms with Crippen LogP contribution in [0.5, 0.6) is 0 Å². The van der Waals surface area contributed by atoms with Crippen LogP contribution >= 0.6 is 0 Å². The summed E-state index contributed by atoms with van der Waals surface area (Å²) in [6.45, 7) is 3.85. The Morgan fingerprint density at radius 2 is 2.06 bits per heavy atom. The van der Waals surface area contributed by atoms with Gasteiger partial charge in [0, 0.05) is 12.2 Å². The molecule has 5 nitrogen and oxygen atoms in total. The first-order valence-corrected chi connectivity index (χ1v) is 5.85. The summed E-state index contributed by atoms with van der Waals surface area (Å²) in [6, 6.07) is 7.07. The molecule has 0 saturated carbocycles. The Morgan fingerprint density at radius 3 is 2.67 bits per heavy atom. The molecule has 1 aromatic rings. The second-order valence-corrected chi connectivity index (χ2v) is 3.90. The van der Waals surface area contributed by atoms with Crippen LogP contribution < -0.4 is 11.1 Å². The van der Waals surface area contributed by atoms with Gasteiger partial charge in [-0.25, -0.2) is 0 Å². The Kier molecular flexibility index (Phi) is 5.17. The number of ether oxygens (including phenoxy) is 1. The number of hydrogen-bond acceptors (Lipinski definition) is 4. The van der Waals surface area contributed by atoms with Crippen molar-refractivity contribution in [3.8, 4) is 0 Å². The van der Waals surface area contributed by atoms with E-state index >= 15 is 0 Å². The fourth-order valence-corrected chi connectivity index (χ4v) is 1.46. The summed E-state index contributed by atoms with van der Waals surface area (Å²) in [6.07, 6.45) is -0.724. The van der Waals surface area contributed by atoms with Gasteiger partial charge < -0.3 is 15.8 Å². The molecule has 0 heterocycles. The molecule has 0 spiro atoms. The van der Waals surface area contributed by atoms with Gasteiger partial charge in [0.2, 0.25) is 0 Å². The zero-order valence-corrected chi connectivity index (χ0v) is 10.6. The predicted molar refractivity (Wildman–Crippen MR) is 68.8 cm³/mol. The normalized spacial score (nSPS) is 11.7. The molecule has 3 N–H and O–H groups in total. The number of rotatable bonds is 5. The van der Waals surface area contributed by atoms with E-state index in [1.165, 1.54) is 6.92 Å². The minimum atomic E-state index is -0.789. The average Bonchev–Trinajstić information content (AvgIpc) is 2.32. The van der Waals surface area contributed by atoms with Crippen molar-refractivity contribution in [2.24, 2.45) is 0 Å². The summed E-state index contributed by atoms with van der Waals surface area (Å²) < 4.78 is 5.02. The third-order valence-electron chi connectivity index (χ3n) is 2.42. The average molecular weight is 250 g/mol. The number of carbonyl (C=O) groups excluding carboxylic acids is 2. The highest BCUT2D eigenvalue weighted by Gasteiger charge is 2.17. The van der Waals surface area contributed by atoms with Gasteiger partial charge in [-0.1, -0.05) is 18.2 Å². The van der Waals surface area contributed by atoms with Crippen molar-refractivity contribution < 1.29 is 14.3 Å². The zero-order chi connectivity index (χ0) is 13.5. The third kappa shape index (κ3) is 4.08. The van der Waals surface area contributed by atoms with Crippen molar-refractivity contribution in [1.29, 1.82) is 0 Å². The lowest BCUT2D eigenvalue weighted by Crippen LogP contribution is -2.35. The topological polar surface area (TPSA) is 81.4 Å². The number of nitrogens with two attached hydrogens (primary N) is 1. The fraction of sp³-hybridized carbons (Fsp3) is 0.385. The summed E-state index contributed by atoms with van der Waals surface area (Å²) in [5.74, 6) is -0.765. The van der Waals surface area contributed by atoms with Crippen molar-refractivity contribution >= 4 is 17.6 Å². The van der Waals surface area contributed by atoms with Gasteiger partial charge in [0.25, 0.3) is 5.91 Å². The first kappa shape index (κ1) is 14.0. The molecule has 98 valence electrons. The number of carbonyl (C=O) groups is 2. The lowest BCUT2D eigenvalue weighted by Gasteiger charge is -2.13. The molecule has 1 rings (SSSR count). The first-order chi connectivity index (χ1) is 8.54. The van der Waals surface area contributed by atoms with Crippen LogP contribution in [0, 0.1) is 0 Å². The summed E-state index contributed by atoms with van der Waals surface area (Å²) in [7, 11) is 0. The van der Waals surface area contributed by atoms with E-state index in [9.17, 15) is 9.59 Å². The number of anilines is 1. The van der Waals surface area contributed by atoms with E-state index in [-0.39, 0.29) is 12.3 Å². The van der Waals surface area contributed by atoms with Crippen LogP contribution in [-0.4, -0.2) is 24.5 Å². The van der Waals surface area contributed by atoms with Crippen LogP contribution in [0.25, 0.3) is 0 Å². The molecule has 18 heavy (non-hydrogen) atoms. The third-order valence-corrected chi connectivity index (χ3v) is 2.42. The molecule has 0 aliphatic rings. The van der Waals surface area contributed by atoms with Crippen molar-refractivity contribution in [1.82, 2.24) is 5.32 Å². The summed E-state index contributed by atoms with van der Waals surface area (Å²) in [5, 5.41) is 2.59. The van der Waals surface area contributed by atoms with Crippen molar-refractivity contribution in [2.75, 3.05) is 12.3 Å². The van der Waals surface area contributed by atoms with Gasteiger partial charge in [-0.3, -0.25) is 9.59 Å². The number of nitrogen functional groups attached to an aromatic ring is 1. The molecule has 0 radical (unpaired) electrons. The molecule has 5 heteroatoms. The van der Waals surface area contributed by atoms with Crippen LogP contribution in [0.4, 0.5) is 5.69 Å². The molecule has 0 aromatic heterocycles. The van der Waals surface area contributed by atoms with Crippen molar-refractivity contribution in [3.05, 3.63) is 29.8 Å². The van der Waals surface area contributed by atoms with E-state index < -0.39 is 12.1 Å². The smallest absolute Gasteiger partial charge is 0.311 e. The highest BCUT2D eigenvalue weighted by Crippen LogP contribution is 2.12. The number of esters is 1. The second kappa shape index (κ2) is 6.64. The molecule has 1 amide bonds. The number of hydrogen-bond donors (Lipinski definition) is 2. The fourth-order valence-electron chi connectivity index (χ4n) is 1.46. The number of benzene rings is 1. The van der Waals surface area contributed by atoms with E-state index in [0.717, 1.165) is 0 Å². The van der Waals surface area contributed by atoms with Crippen molar-refractivity contribution in [3.63, 3.8) is 0 Å². The lowest BCUT2D eigenvalue weighted by atomic mass is 10.1.